The van der Waals surface area contributed by atoms with E-state index in [0.717, 1.165) is 31.4 Å². The first kappa shape index (κ1) is 25.3. The Morgan fingerprint density at radius 3 is 2.73 bits per heavy atom. The van der Waals surface area contributed by atoms with E-state index in [1.165, 1.54) is 24.8 Å². The molecule has 3 atom stereocenters. The van der Waals surface area contributed by atoms with Gasteiger partial charge in [-0.3, -0.25) is 4.79 Å². The molecule has 2 fully saturated rings. The van der Waals surface area contributed by atoms with Crippen LogP contribution in [0.25, 0.3) is 16.7 Å². The molecular weight excluding hydrogens is 547 g/mol. The summed E-state index contributed by atoms with van der Waals surface area (Å²) in [5.74, 6) is 0.460. The normalized spacial score (nSPS) is 20.0. The van der Waals surface area contributed by atoms with E-state index >= 15 is 4.39 Å². The number of carbonyl (C=O) groups excluding carboxylic acids is 1. The number of halogens is 2. The highest BCUT2D eigenvalue weighted by Gasteiger charge is 2.43. The van der Waals surface area contributed by atoms with Gasteiger partial charge in [-0.1, -0.05) is 18.2 Å². The van der Waals surface area contributed by atoms with Crippen LogP contribution in [-0.4, -0.2) is 52.4 Å². The van der Waals surface area contributed by atoms with Crippen molar-refractivity contribution >= 4 is 45.7 Å². The van der Waals surface area contributed by atoms with Crippen molar-refractivity contribution < 1.29 is 13.9 Å². The second kappa shape index (κ2) is 10.1. The number of rotatable bonds is 6. The van der Waals surface area contributed by atoms with Crippen molar-refractivity contribution in [3.8, 4) is 11.5 Å². The maximum Gasteiger partial charge on any atom is 0.246 e. The molecule has 2 aliphatic rings. The maximum atomic E-state index is 15.4. The molecule has 0 saturated carbocycles. The van der Waals surface area contributed by atoms with E-state index in [-0.39, 0.29) is 40.4 Å². The average Bonchev–Trinajstić information content (AvgIpc) is 3.57. The van der Waals surface area contributed by atoms with Crippen molar-refractivity contribution in [1.82, 2.24) is 34.4 Å². The van der Waals surface area contributed by atoms with Gasteiger partial charge in [-0.15, -0.1) is 0 Å². The van der Waals surface area contributed by atoms with Crippen LogP contribution in [0.4, 0.5) is 15.9 Å². The first-order chi connectivity index (χ1) is 20.0. The first-order valence-electron chi connectivity index (χ1n) is 13.3. The number of benzene rings is 1. The van der Waals surface area contributed by atoms with Crippen LogP contribution >= 0.6 is 11.6 Å². The maximum absolute atomic E-state index is 15.4. The number of hydrogen-bond acceptors (Lipinski definition) is 8. The van der Waals surface area contributed by atoms with Crippen LogP contribution in [0.2, 0.25) is 5.02 Å². The number of aromatic nitrogens is 6. The monoisotopic (exact) mass is 570 g/mol. The Morgan fingerprint density at radius 1 is 1.10 bits per heavy atom. The quantitative estimate of drug-likeness (QED) is 0.254. The van der Waals surface area contributed by atoms with Crippen molar-refractivity contribution in [1.29, 1.82) is 0 Å². The largest absolute Gasteiger partial charge is 0.455 e. The first-order valence-corrected chi connectivity index (χ1v) is 13.6. The minimum atomic E-state index is -0.688. The molecule has 7 rings (SSSR count). The number of amides is 1. The molecule has 0 spiro atoms. The third kappa shape index (κ3) is 4.51. The minimum Gasteiger partial charge on any atom is -0.455 e. The lowest BCUT2D eigenvalue weighted by molar-refractivity contribution is -0.130. The molecule has 1 amide bonds. The number of piperidine rings is 1. The smallest absolute Gasteiger partial charge is 0.246 e. The van der Waals surface area contributed by atoms with Gasteiger partial charge < -0.3 is 15.0 Å². The van der Waals surface area contributed by atoms with Crippen molar-refractivity contribution in [2.45, 2.75) is 43.7 Å². The molecule has 5 aromatic rings. The predicted molar refractivity (Wildman–Crippen MR) is 151 cm³/mol. The highest BCUT2D eigenvalue weighted by molar-refractivity contribution is 6.32. The van der Waals surface area contributed by atoms with E-state index in [1.807, 2.05) is 17.0 Å². The Bertz CT molecular complexity index is 1810. The van der Waals surface area contributed by atoms with Gasteiger partial charge >= 0.3 is 0 Å². The Hall–Kier alpha value is -4.64. The van der Waals surface area contributed by atoms with Crippen LogP contribution in [-0.2, 0) is 4.79 Å². The Kier molecular flexibility index (Phi) is 6.23. The molecule has 4 aromatic heterocycles. The Labute approximate surface area is 238 Å². The molecule has 1 N–H and O–H groups in total. The van der Waals surface area contributed by atoms with Crippen molar-refractivity contribution in [2.24, 2.45) is 0 Å². The van der Waals surface area contributed by atoms with E-state index in [2.05, 4.69) is 31.9 Å². The molecule has 41 heavy (non-hydrogen) atoms. The third-order valence-electron chi connectivity index (χ3n) is 7.86. The molecular formula is C29H24ClFN8O2. The summed E-state index contributed by atoms with van der Waals surface area (Å²) in [5.41, 5.74) is 2.77. The lowest BCUT2D eigenvalue weighted by Crippen LogP contribution is -2.45. The molecule has 2 saturated heterocycles. The highest BCUT2D eigenvalue weighted by Crippen LogP contribution is 2.43. The zero-order valence-electron chi connectivity index (χ0n) is 21.7. The molecule has 6 heterocycles. The topological polar surface area (TPSA) is 110 Å². The SMILES string of the molecule is C=CC(=O)N1[C@@H]2CC[C@H]1C[C@@H](c1ccc3ncnc(Nc4ccc(Oc5ccn6ncnc6c5)c(Cl)c4F)c3n1)C2. The number of pyridine rings is 2. The number of nitrogens with zero attached hydrogens (tertiary/aromatic N) is 7. The van der Waals surface area contributed by atoms with Crippen LogP contribution in [0.15, 0.2) is 67.9 Å². The fraction of sp³-hybridized carbons (Fsp3) is 0.241. The van der Waals surface area contributed by atoms with Gasteiger partial charge in [0.05, 0.1) is 11.2 Å². The summed E-state index contributed by atoms with van der Waals surface area (Å²) in [5, 5.41) is 6.91. The Morgan fingerprint density at radius 2 is 1.93 bits per heavy atom. The number of hydrogen-bond donors (Lipinski definition) is 1. The van der Waals surface area contributed by atoms with Crippen LogP contribution in [0.5, 0.6) is 11.5 Å². The predicted octanol–water partition coefficient (Wildman–Crippen LogP) is 5.82. The second-order valence-corrected chi connectivity index (χ2v) is 10.6. The molecule has 10 nitrogen and oxygen atoms in total. The summed E-state index contributed by atoms with van der Waals surface area (Å²) in [6.45, 7) is 3.66. The van der Waals surface area contributed by atoms with E-state index in [9.17, 15) is 4.79 Å². The summed E-state index contributed by atoms with van der Waals surface area (Å²) < 4.78 is 22.9. The van der Waals surface area contributed by atoms with Crippen LogP contribution in [0.1, 0.15) is 37.3 Å². The van der Waals surface area contributed by atoms with Gasteiger partial charge in [0.25, 0.3) is 0 Å². The average molecular weight is 571 g/mol. The van der Waals surface area contributed by atoms with Gasteiger partial charge in [0.2, 0.25) is 5.91 Å². The second-order valence-electron chi connectivity index (χ2n) is 10.2. The molecule has 2 bridgehead atoms. The van der Waals surface area contributed by atoms with Gasteiger partial charge in [0.15, 0.2) is 17.3 Å². The van der Waals surface area contributed by atoms with Crippen LogP contribution < -0.4 is 10.1 Å². The summed E-state index contributed by atoms with van der Waals surface area (Å²) >= 11 is 6.38. The van der Waals surface area contributed by atoms with Crippen LogP contribution in [0.3, 0.4) is 0 Å². The molecule has 206 valence electrons. The number of ether oxygens (including phenoxy) is 1. The number of fused-ring (bicyclic) bond motifs is 4. The van der Waals surface area contributed by atoms with E-state index in [4.69, 9.17) is 21.3 Å². The van der Waals surface area contributed by atoms with Crippen molar-refractivity contribution in [3.63, 3.8) is 0 Å². The molecule has 0 aliphatic carbocycles. The molecule has 0 unspecified atom stereocenters. The molecule has 0 radical (unpaired) electrons. The lowest BCUT2D eigenvalue weighted by atomic mass is 9.87. The summed E-state index contributed by atoms with van der Waals surface area (Å²) in [6, 6.07) is 10.7. The van der Waals surface area contributed by atoms with Gasteiger partial charge in [0, 0.05) is 36.0 Å². The fourth-order valence-corrected chi connectivity index (χ4v) is 6.18. The van der Waals surface area contributed by atoms with Crippen LogP contribution in [0, 0.1) is 5.82 Å². The molecule has 2 aliphatic heterocycles. The standard InChI is InChI=1S/C29H24ClFN8O2/c1-2-25(40)39-17-3-4-18(39)12-16(11-17)20-5-6-22-28(36-20)29(34-14-32-22)37-21-7-8-23(26(30)27(21)31)41-19-9-10-38-24(13-19)33-15-35-38/h2,5-10,13-18H,1,3-4,11-12H2,(H,32,34,37)/t16-,17+,18-. The number of nitrogens with one attached hydrogen (secondary N) is 1. The summed E-state index contributed by atoms with van der Waals surface area (Å²) in [7, 11) is 0. The van der Waals surface area contributed by atoms with Gasteiger partial charge in [-0.05, 0) is 62.1 Å². The zero-order chi connectivity index (χ0) is 28.1. The van der Waals surface area contributed by atoms with Gasteiger partial charge in [-0.2, -0.15) is 5.10 Å². The lowest BCUT2D eigenvalue weighted by Gasteiger charge is -2.38. The minimum absolute atomic E-state index is 0.00389. The molecule has 12 heteroatoms. The third-order valence-corrected chi connectivity index (χ3v) is 8.22. The Balaban J connectivity index is 1.15. The molecule has 1 aromatic carbocycles. The fourth-order valence-electron chi connectivity index (χ4n) is 5.98. The summed E-state index contributed by atoms with van der Waals surface area (Å²) in [6.07, 6.45) is 9.56. The van der Waals surface area contributed by atoms with E-state index < -0.39 is 5.82 Å². The zero-order valence-corrected chi connectivity index (χ0v) is 22.5. The van der Waals surface area contributed by atoms with E-state index in [1.54, 1.807) is 28.9 Å². The highest BCUT2D eigenvalue weighted by atomic mass is 35.5. The van der Waals surface area contributed by atoms with E-state index in [0.29, 0.717) is 28.2 Å². The van der Waals surface area contributed by atoms with Crippen molar-refractivity contribution in [3.05, 3.63) is 84.4 Å². The number of carbonyl (C=O) groups is 1. The number of anilines is 2. The van der Waals surface area contributed by atoms with Gasteiger partial charge in [0.1, 0.15) is 34.7 Å². The van der Waals surface area contributed by atoms with Crippen molar-refractivity contribution in [2.75, 3.05) is 5.32 Å². The summed E-state index contributed by atoms with van der Waals surface area (Å²) in [4.78, 5) is 32.1. The van der Waals surface area contributed by atoms with Gasteiger partial charge in [-0.25, -0.2) is 28.8 Å².